The summed E-state index contributed by atoms with van der Waals surface area (Å²) in [6.45, 7) is 5.04. The smallest absolute Gasteiger partial charge is 0.137 e. The second-order valence-corrected chi connectivity index (χ2v) is 13.4. The molecule has 1 aliphatic rings. The average Bonchev–Trinajstić information content (AvgIpc) is 3.58. The van der Waals surface area contributed by atoms with E-state index >= 15 is 0 Å². The highest BCUT2D eigenvalue weighted by Gasteiger charge is 2.23. The fourth-order valence-electron chi connectivity index (χ4n) is 5.68. The number of nitriles is 2. The molecule has 5 aromatic rings. The number of rotatable bonds is 9. The highest BCUT2D eigenvalue weighted by molar-refractivity contribution is 7.98. The number of allylic oxidation sites excluding steroid dienone is 4. The van der Waals surface area contributed by atoms with Crippen LogP contribution < -0.4 is 9.80 Å². The van der Waals surface area contributed by atoms with Gasteiger partial charge in [0.15, 0.2) is 0 Å². The lowest BCUT2D eigenvalue weighted by atomic mass is 9.93. The summed E-state index contributed by atoms with van der Waals surface area (Å²) in [5.74, 6) is 0.951. The van der Waals surface area contributed by atoms with Crippen molar-refractivity contribution in [3.05, 3.63) is 154 Å². The molecular formula is C41H34N4S2. The molecule has 0 radical (unpaired) electrons. The number of aryl methyl sites for hydroxylation is 2. The minimum Gasteiger partial charge on any atom is -0.340 e. The molecule has 4 nitrogen and oxygen atoms in total. The van der Waals surface area contributed by atoms with E-state index in [1.807, 2.05) is 24.3 Å². The van der Waals surface area contributed by atoms with Gasteiger partial charge in [-0.25, -0.2) is 0 Å². The van der Waals surface area contributed by atoms with Crippen LogP contribution in [-0.2, 0) is 0 Å². The Bertz CT molecular complexity index is 1990. The van der Waals surface area contributed by atoms with E-state index in [1.54, 1.807) is 23.1 Å². The van der Waals surface area contributed by atoms with E-state index in [4.69, 9.17) is 0 Å². The van der Waals surface area contributed by atoms with Crippen molar-refractivity contribution in [2.24, 2.45) is 0 Å². The van der Waals surface area contributed by atoms with Crippen molar-refractivity contribution in [1.29, 1.82) is 10.5 Å². The zero-order valence-electron chi connectivity index (χ0n) is 26.6. The van der Waals surface area contributed by atoms with Crippen LogP contribution in [0.4, 0.5) is 22.7 Å². The van der Waals surface area contributed by atoms with Crippen molar-refractivity contribution in [2.75, 3.05) is 28.4 Å². The lowest BCUT2D eigenvalue weighted by Crippen LogP contribution is -2.27. The molecule has 4 aromatic carbocycles. The molecule has 0 saturated carbocycles. The van der Waals surface area contributed by atoms with Crippen LogP contribution >= 0.6 is 23.1 Å². The number of hydrogen-bond acceptors (Lipinski definition) is 6. The van der Waals surface area contributed by atoms with Gasteiger partial charge in [0.05, 0.1) is 0 Å². The van der Waals surface area contributed by atoms with Gasteiger partial charge < -0.3 is 9.80 Å². The average molecular weight is 647 g/mol. The van der Waals surface area contributed by atoms with Gasteiger partial charge in [0, 0.05) is 61.6 Å². The predicted molar refractivity (Wildman–Crippen MR) is 201 cm³/mol. The standard InChI is InChI=1S/C41H34N4S2/c1-29-8-14-33(15-9-29)45(34-16-10-30(2)11-17-34)35-18-12-31(13-19-35)41-23-22-37(47-41)21-20-36-26-39(32(27-42)28-43)38-6-4-5-7-40(38)44(36)24-25-46-3/h4-23,26H,24-25H2,1-3H3/b21-20+. The summed E-state index contributed by atoms with van der Waals surface area (Å²) >= 11 is 3.53. The first-order valence-electron chi connectivity index (χ1n) is 15.4. The van der Waals surface area contributed by atoms with Crippen molar-refractivity contribution in [3.63, 3.8) is 0 Å². The van der Waals surface area contributed by atoms with Gasteiger partial charge in [-0.15, -0.1) is 11.3 Å². The molecular weight excluding hydrogens is 613 g/mol. The fraction of sp³-hybridized carbons (Fsp3) is 0.122. The highest BCUT2D eigenvalue weighted by atomic mass is 32.2. The molecule has 6 rings (SSSR count). The molecule has 1 aromatic heterocycles. The minimum atomic E-state index is 0.123. The monoisotopic (exact) mass is 646 g/mol. The molecule has 0 aliphatic carbocycles. The molecule has 0 spiro atoms. The Morgan fingerprint density at radius 3 is 1.96 bits per heavy atom. The second kappa shape index (κ2) is 14.4. The van der Waals surface area contributed by atoms with Crippen LogP contribution in [-0.4, -0.2) is 18.6 Å². The molecule has 0 unspecified atom stereocenters. The Hall–Kier alpha value is -5.27. The van der Waals surface area contributed by atoms with Crippen LogP contribution in [0.25, 0.3) is 22.1 Å². The first-order valence-corrected chi connectivity index (χ1v) is 17.6. The highest BCUT2D eigenvalue weighted by Crippen LogP contribution is 2.40. The summed E-state index contributed by atoms with van der Waals surface area (Å²) in [5, 5.41) is 19.4. The number of benzene rings is 4. The van der Waals surface area contributed by atoms with E-state index in [2.05, 4.69) is 145 Å². The first kappa shape index (κ1) is 31.7. The van der Waals surface area contributed by atoms with Crippen molar-refractivity contribution in [3.8, 4) is 22.6 Å². The summed E-state index contributed by atoms with van der Waals surface area (Å²) in [4.78, 5) is 6.88. The Kier molecular flexibility index (Phi) is 9.74. The van der Waals surface area contributed by atoms with E-state index in [9.17, 15) is 10.5 Å². The van der Waals surface area contributed by atoms with E-state index in [0.717, 1.165) is 56.7 Å². The Morgan fingerprint density at radius 2 is 1.36 bits per heavy atom. The van der Waals surface area contributed by atoms with Crippen molar-refractivity contribution >= 4 is 57.5 Å². The zero-order chi connectivity index (χ0) is 32.8. The van der Waals surface area contributed by atoms with Gasteiger partial charge in [0.2, 0.25) is 0 Å². The maximum Gasteiger partial charge on any atom is 0.137 e. The molecule has 0 amide bonds. The van der Waals surface area contributed by atoms with Crippen molar-refractivity contribution in [2.45, 2.75) is 13.8 Å². The molecule has 230 valence electrons. The van der Waals surface area contributed by atoms with Crippen LogP contribution in [0.15, 0.2) is 133 Å². The third-order valence-electron chi connectivity index (χ3n) is 8.14. The van der Waals surface area contributed by atoms with Crippen molar-refractivity contribution < 1.29 is 0 Å². The summed E-state index contributed by atoms with van der Waals surface area (Å²) in [7, 11) is 0. The van der Waals surface area contributed by atoms with Gasteiger partial charge in [-0.05, 0) is 98.5 Å². The van der Waals surface area contributed by atoms with Crippen LogP contribution in [0.3, 0.4) is 0 Å². The van der Waals surface area contributed by atoms with Gasteiger partial charge in [0.1, 0.15) is 17.7 Å². The van der Waals surface area contributed by atoms with Gasteiger partial charge >= 0.3 is 0 Å². The Balaban J connectivity index is 1.29. The molecule has 6 heteroatoms. The molecule has 0 saturated heterocycles. The Morgan fingerprint density at radius 1 is 0.766 bits per heavy atom. The van der Waals surface area contributed by atoms with Crippen molar-refractivity contribution in [1.82, 2.24) is 0 Å². The number of nitrogens with zero attached hydrogens (tertiary/aromatic N) is 4. The molecule has 1 aliphatic heterocycles. The lowest BCUT2D eigenvalue weighted by molar-refractivity contribution is 0.979. The van der Waals surface area contributed by atoms with Gasteiger partial charge in [-0.2, -0.15) is 22.3 Å². The van der Waals surface area contributed by atoms with E-state index < -0.39 is 0 Å². The topological polar surface area (TPSA) is 54.1 Å². The summed E-state index contributed by atoms with van der Waals surface area (Å²) in [6.07, 6.45) is 8.30. The number of hydrogen-bond donors (Lipinski definition) is 0. The molecule has 0 bridgehead atoms. The third-order valence-corrected chi connectivity index (χ3v) is 9.83. The molecule has 2 heterocycles. The summed E-state index contributed by atoms with van der Waals surface area (Å²) in [5.41, 5.74) is 10.7. The van der Waals surface area contributed by atoms with Gasteiger partial charge in [-0.3, -0.25) is 0 Å². The summed E-state index contributed by atoms with van der Waals surface area (Å²) in [6, 6.07) is 42.6. The largest absolute Gasteiger partial charge is 0.340 e. The van der Waals surface area contributed by atoms with Crippen LogP contribution in [0.2, 0.25) is 0 Å². The number of thioether (sulfide) groups is 1. The normalized spacial score (nSPS) is 12.3. The summed E-state index contributed by atoms with van der Waals surface area (Å²) < 4.78 is 0. The SMILES string of the molecule is CSCCN1C(/C=C/c2ccc(-c3ccc(N(c4ccc(C)cc4)c4ccc(C)cc4)cc3)s2)=CC(=C(C#N)C#N)c2ccccc21. The number of thiophene rings is 1. The van der Waals surface area contributed by atoms with Gasteiger partial charge in [0.25, 0.3) is 0 Å². The molecule has 0 fully saturated rings. The number of para-hydroxylation sites is 1. The fourth-order valence-corrected chi connectivity index (χ4v) is 6.96. The van der Waals surface area contributed by atoms with Gasteiger partial charge in [-0.1, -0.05) is 65.7 Å². The van der Waals surface area contributed by atoms with Crippen LogP contribution in [0.5, 0.6) is 0 Å². The molecule has 47 heavy (non-hydrogen) atoms. The van der Waals surface area contributed by atoms with E-state index in [1.165, 1.54) is 16.0 Å². The van der Waals surface area contributed by atoms with Crippen LogP contribution in [0.1, 0.15) is 21.6 Å². The quantitative estimate of drug-likeness (QED) is 0.149. The number of anilines is 4. The maximum absolute atomic E-state index is 9.70. The minimum absolute atomic E-state index is 0.123. The zero-order valence-corrected chi connectivity index (χ0v) is 28.3. The van der Waals surface area contributed by atoms with E-state index in [-0.39, 0.29) is 5.57 Å². The Labute approximate surface area is 285 Å². The molecule has 0 N–H and O–H groups in total. The van der Waals surface area contributed by atoms with E-state index in [0.29, 0.717) is 5.57 Å². The third kappa shape index (κ3) is 6.95. The first-order chi connectivity index (χ1) is 23.0. The van der Waals surface area contributed by atoms with Crippen LogP contribution in [0, 0.1) is 36.5 Å². The molecule has 0 atom stereocenters. The maximum atomic E-state index is 9.70. The predicted octanol–water partition coefficient (Wildman–Crippen LogP) is 11.1. The number of fused-ring (bicyclic) bond motifs is 1. The lowest BCUT2D eigenvalue weighted by Gasteiger charge is -2.32. The second-order valence-electron chi connectivity index (χ2n) is 11.3.